The van der Waals surface area contributed by atoms with E-state index >= 15 is 0 Å². The Hall–Kier alpha value is -2.73. The average Bonchev–Trinajstić information content (AvgIpc) is 2.55. The molecule has 0 aliphatic carbocycles. The number of nitrogen functional groups attached to an aromatic ring is 1. The molecule has 0 radical (unpaired) electrons. The topological polar surface area (TPSA) is 70.1 Å². The molecule has 118 valence electrons. The van der Waals surface area contributed by atoms with Crippen LogP contribution >= 0.6 is 0 Å². The molecule has 2 aromatic carbocycles. The van der Waals surface area contributed by atoms with Crippen LogP contribution in [0.3, 0.4) is 0 Å². The van der Waals surface area contributed by atoms with Crippen molar-refractivity contribution in [2.45, 2.75) is 6.54 Å². The van der Waals surface area contributed by atoms with E-state index in [0.717, 1.165) is 0 Å². The highest BCUT2D eigenvalue weighted by atomic mass is 19.1. The Labute approximate surface area is 132 Å². The second kappa shape index (κ2) is 6.18. The van der Waals surface area contributed by atoms with Gasteiger partial charge < -0.3 is 10.5 Å². The number of rotatable bonds is 4. The number of nitrogens with two attached hydrogens (primary N) is 1. The SMILES string of the molecule is COCCn1c(-c2ccc(F)cc2)nc2ccc(N)cc2c1=O. The molecular formula is C17H16FN3O2. The first-order valence-electron chi connectivity index (χ1n) is 7.15. The predicted octanol–water partition coefficient (Wildman–Crippen LogP) is 2.43. The summed E-state index contributed by atoms with van der Waals surface area (Å²) in [5, 5.41) is 0.451. The lowest BCUT2D eigenvalue weighted by atomic mass is 10.1. The van der Waals surface area contributed by atoms with E-state index in [1.807, 2.05) is 0 Å². The highest BCUT2D eigenvalue weighted by molar-refractivity contribution is 5.82. The molecular weight excluding hydrogens is 297 g/mol. The van der Waals surface area contributed by atoms with Crippen molar-refractivity contribution in [2.24, 2.45) is 0 Å². The summed E-state index contributed by atoms with van der Waals surface area (Å²) in [5.74, 6) is 0.137. The fourth-order valence-corrected chi connectivity index (χ4v) is 2.45. The number of nitrogens with zero attached hydrogens (tertiary/aromatic N) is 2. The molecule has 0 fully saturated rings. The third-order valence-electron chi connectivity index (χ3n) is 3.60. The van der Waals surface area contributed by atoms with Gasteiger partial charge in [-0.3, -0.25) is 9.36 Å². The Morgan fingerprint density at radius 2 is 1.96 bits per heavy atom. The van der Waals surface area contributed by atoms with E-state index in [-0.39, 0.29) is 11.4 Å². The van der Waals surface area contributed by atoms with Crippen LogP contribution in [0.1, 0.15) is 0 Å². The van der Waals surface area contributed by atoms with E-state index in [4.69, 9.17) is 10.5 Å². The minimum absolute atomic E-state index is 0.196. The highest BCUT2D eigenvalue weighted by Crippen LogP contribution is 2.20. The summed E-state index contributed by atoms with van der Waals surface area (Å²) in [6, 6.07) is 10.9. The summed E-state index contributed by atoms with van der Waals surface area (Å²) in [4.78, 5) is 17.3. The molecule has 5 nitrogen and oxygen atoms in total. The van der Waals surface area contributed by atoms with Gasteiger partial charge in [0.25, 0.3) is 5.56 Å². The summed E-state index contributed by atoms with van der Waals surface area (Å²) in [6.45, 7) is 0.712. The van der Waals surface area contributed by atoms with Crippen LogP contribution in [0.5, 0.6) is 0 Å². The minimum atomic E-state index is -0.340. The van der Waals surface area contributed by atoms with E-state index in [9.17, 15) is 9.18 Å². The van der Waals surface area contributed by atoms with E-state index in [1.54, 1.807) is 37.4 Å². The first kappa shape index (κ1) is 15.2. The first-order valence-corrected chi connectivity index (χ1v) is 7.15. The predicted molar refractivity (Wildman–Crippen MR) is 87.7 cm³/mol. The summed E-state index contributed by atoms with van der Waals surface area (Å²) < 4.78 is 19.8. The molecule has 0 bridgehead atoms. The lowest BCUT2D eigenvalue weighted by Crippen LogP contribution is -2.25. The van der Waals surface area contributed by atoms with Crippen LogP contribution in [0.15, 0.2) is 47.3 Å². The maximum Gasteiger partial charge on any atom is 0.261 e. The number of methoxy groups -OCH3 is 1. The second-order valence-electron chi connectivity index (χ2n) is 5.17. The third-order valence-corrected chi connectivity index (χ3v) is 3.60. The van der Waals surface area contributed by atoms with Crippen LogP contribution in [0.25, 0.3) is 22.3 Å². The number of ether oxygens (including phenoxy) is 1. The largest absolute Gasteiger partial charge is 0.399 e. The summed E-state index contributed by atoms with van der Waals surface area (Å²) in [6.07, 6.45) is 0. The zero-order valence-corrected chi connectivity index (χ0v) is 12.6. The summed E-state index contributed by atoms with van der Waals surface area (Å²) >= 11 is 0. The molecule has 0 saturated heterocycles. The Balaban J connectivity index is 2.27. The Bertz CT molecular complexity index is 904. The molecule has 1 aromatic heterocycles. The van der Waals surface area contributed by atoms with Crippen molar-refractivity contribution < 1.29 is 9.13 Å². The van der Waals surface area contributed by atoms with Crippen molar-refractivity contribution in [3.63, 3.8) is 0 Å². The Kier molecular flexibility index (Phi) is 4.08. The standard InChI is InChI=1S/C17H16FN3O2/c1-23-9-8-21-16(11-2-4-12(18)5-3-11)20-15-7-6-13(19)10-14(15)17(21)22/h2-7,10H,8-9,19H2,1H3. The molecule has 3 aromatic rings. The van der Waals surface area contributed by atoms with Gasteiger partial charge in [-0.2, -0.15) is 0 Å². The maximum absolute atomic E-state index is 13.2. The molecule has 0 saturated carbocycles. The zero-order valence-electron chi connectivity index (χ0n) is 12.6. The lowest BCUT2D eigenvalue weighted by molar-refractivity contribution is 0.186. The lowest BCUT2D eigenvalue weighted by Gasteiger charge is -2.13. The van der Waals surface area contributed by atoms with Crippen LogP contribution in [-0.4, -0.2) is 23.3 Å². The average molecular weight is 313 g/mol. The highest BCUT2D eigenvalue weighted by Gasteiger charge is 2.13. The Morgan fingerprint density at radius 3 is 2.65 bits per heavy atom. The number of fused-ring (bicyclic) bond motifs is 1. The fraction of sp³-hybridized carbons (Fsp3) is 0.176. The van der Waals surface area contributed by atoms with Gasteiger partial charge in [-0.15, -0.1) is 0 Å². The molecule has 23 heavy (non-hydrogen) atoms. The summed E-state index contributed by atoms with van der Waals surface area (Å²) in [7, 11) is 1.56. The van der Waals surface area contributed by atoms with E-state index in [0.29, 0.717) is 41.1 Å². The van der Waals surface area contributed by atoms with Crippen molar-refractivity contribution in [1.82, 2.24) is 9.55 Å². The number of hydrogen-bond donors (Lipinski definition) is 1. The fourth-order valence-electron chi connectivity index (χ4n) is 2.45. The first-order chi connectivity index (χ1) is 11.1. The van der Waals surface area contributed by atoms with Gasteiger partial charge in [0, 0.05) is 18.4 Å². The number of benzene rings is 2. The van der Waals surface area contributed by atoms with Crippen LogP contribution in [0.2, 0.25) is 0 Å². The van der Waals surface area contributed by atoms with Gasteiger partial charge in [0.15, 0.2) is 0 Å². The molecule has 0 spiro atoms. The molecule has 3 rings (SSSR count). The molecule has 0 aliphatic heterocycles. The van der Waals surface area contributed by atoms with Gasteiger partial charge in [-0.1, -0.05) is 0 Å². The van der Waals surface area contributed by atoms with Crippen molar-refractivity contribution in [3.05, 3.63) is 58.6 Å². The van der Waals surface area contributed by atoms with Gasteiger partial charge in [0.05, 0.1) is 24.1 Å². The molecule has 0 amide bonds. The van der Waals surface area contributed by atoms with E-state index in [1.165, 1.54) is 16.7 Å². The summed E-state index contributed by atoms with van der Waals surface area (Å²) in [5.41, 5.74) is 7.29. The van der Waals surface area contributed by atoms with Crippen molar-refractivity contribution in [3.8, 4) is 11.4 Å². The van der Waals surface area contributed by atoms with Crippen LogP contribution in [0.4, 0.5) is 10.1 Å². The molecule has 6 heteroatoms. The third kappa shape index (κ3) is 2.93. The van der Waals surface area contributed by atoms with Gasteiger partial charge in [-0.25, -0.2) is 9.37 Å². The number of aromatic nitrogens is 2. The normalized spacial score (nSPS) is 11.0. The van der Waals surface area contributed by atoms with Gasteiger partial charge in [0.2, 0.25) is 0 Å². The molecule has 1 heterocycles. The molecule has 0 atom stereocenters. The molecule has 0 unspecified atom stereocenters. The zero-order chi connectivity index (χ0) is 16.4. The number of hydrogen-bond acceptors (Lipinski definition) is 4. The van der Waals surface area contributed by atoms with Gasteiger partial charge in [-0.05, 0) is 42.5 Å². The minimum Gasteiger partial charge on any atom is -0.399 e. The molecule has 2 N–H and O–H groups in total. The smallest absolute Gasteiger partial charge is 0.261 e. The van der Waals surface area contributed by atoms with E-state index in [2.05, 4.69) is 4.98 Å². The van der Waals surface area contributed by atoms with E-state index < -0.39 is 0 Å². The van der Waals surface area contributed by atoms with Crippen molar-refractivity contribution >= 4 is 16.6 Å². The monoisotopic (exact) mass is 313 g/mol. The van der Waals surface area contributed by atoms with Crippen molar-refractivity contribution in [1.29, 1.82) is 0 Å². The van der Waals surface area contributed by atoms with Crippen molar-refractivity contribution in [2.75, 3.05) is 19.5 Å². The Morgan fingerprint density at radius 1 is 1.22 bits per heavy atom. The quantitative estimate of drug-likeness (QED) is 0.751. The molecule has 0 aliphatic rings. The maximum atomic E-state index is 13.2. The number of anilines is 1. The van der Waals surface area contributed by atoms with Crippen LogP contribution in [0, 0.1) is 5.82 Å². The second-order valence-corrected chi connectivity index (χ2v) is 5.17. The van der Waals surface area contributed by atoms with Gasteiger partial charge in [0.1, 0.15) is 11.6 Å². The van der Waals surface area contributed by atoms with Crippen LogP contribution in [-0.2, 0) is 11.3 Å². The van der Waals surface area contributed by atoms with Gasteiger partial charge >= 0.3 is 0 Å². The van der Waals surface area contributed by atoms with Crippen LogP contribution < -0.4 is 11.3 Å². The number of halogens is 1.